The maximum absolute atomic E-state index is 11.9. The fourth-order valence-electron chi connectivity index (χ4n) is 2.18. The Morgan fingerprint density at radius 3 is 2.96 bits per heavy atom. The van der Waals surface area contributed by atoms with Crippen LogP contribution in [0.15, 0.2) is 51.3 Å². The lowest BCUT2D eigenvalue weighted by molar-refractivity contribution is -0.141. The molecule has 0 saturated heterocycles. The van der Waals surface area contributed by atoms with Crippen LogP contribution in [-0.2, 0) is 16.1 Å². The molecule has 0 spiro atoms. The van der Waals surface area contributed by atoms with Crippen LogP contribution in [-0.4, -0.2) is 16.7 Å². The number of nitrogens with zero attached hydrogens (tertiary/aromatic N) is 1. The molecule has 2 heterocycles. The number of ether oxygens (including phenoxy) is 1. The number of esters is 1. The third-order valence-electron chi connectivity index (χ3n) is 3.34. The van der Waals surface area contributed by atoms with Crippen LogP contribution < -0.4 is 0 Å². The number of thioether (sulfide) groups is 1. The Morgan fingerprint density at radius 1 is 1.33 bits per heavy atom. The lowest BCUT2D eigenvalue weighted by Crippen LogP contribution is -2.07. The number of thiophene rings is 1. The molecule has 6 heteroatoms. The highest BCUT2D eigenvalue weighted by atomic mass is 32.2. The van der Waals surface area contributed by atoms with Gasteiger partial charge in [0.2, 0.25) is 5.89 Å². The van der Waals surface area contributed by atoms with Crippen molar-refractivity contribution in [3.05, 3.63) is 58.8 Å². The smallest absolute Gasteiger partial charge is 0.316 e. The number of aromatic nitrogens is 1. The number of carbonyl (C=O) groups excluding carboxylic acids is 1. The van der Waals surface area contributed by atoms with Crippen molar-refractivity contribution in [3.63, 3.8) is 0 Å². The second-order valence-electron chi connectivity index (χ2n) is 5.34. The molecule has 2 aromatic heterocycles. The molecule has 0 N–H and O–H groups in total. The molecule has 124 valence electrons. The zero-order chi connectivity index (χ0) is 16.9. The summed E-state index contributed by atoms with van der Waals surface area (Å²) in [5, 5.41) is 1.96. The van der Waals surface area contributed by atoms with Crippen LogP contribution in [0.1, 0.15) is 16.8 Å². The second-order valence-corrected chi connectivity index (χ2v) is 7.30. The van der Waals surface area contributed by atoms with E-state index in [1.807, 2.05) is 36.6 Å². The first-order chi connectivity index (χ1) is 11.6. The molecule has 0 aliphatic heterocycles. The van der Waals surface area contributed by atoms with Crippen molar-refractivity contribution >= 4 is 29.1 Å². The Labute approximate surface area is 148 Å². The highest BCUT2D eigenvalue weighted by Crippen LogP contribution is 2.25. The number of oxazole rings is 1. The van der Waals surface area contributed by atoms with Gasteiger partial charge >= 0.3 is 5.97 Å². The summed E-state index contributed by atoms with van der Waals surface area (Å²) in [4.78, 5) is 18.3. The molecule has 0 fully saturated rings. The molecule has 4 nitrogen and oxygen atoms in total. The Morgan fingerprint density at radius 2 is 2.21 bits per heavy atom. The number of benzene rings is 1. The van der Waals surface area contributed by atoms with Crippen LogP contribution in [0.5, 0.6) is 0 Å². The summed E-state index contributed by atoms with van der Waals surface area (Å²) in [6, 6.07) is 10.1. The third-order valence-corrected chi connectivity index (χ3v) is 5.35. The first-order valence-electron chi connectivity index (χ1n) is 7.46. The highest BCUT2D eigenvalue weighted by Gasteiger charge is 2.11. The molecule has 1 aromatic carbocycles. The van der Waals surface area contributed by atoms with Crippen molar-refractivity contribution in [2.24, 2.45) is 0 Å². The molecule has 0 atom stereocenters. The van der Waals surface area contributed by atoms with E-state index in [4.69, 9.17) is 9.15 Å². The maximum atomic E-state index is 11.9. The van der Waals surface area contributed by atoms with Crippen LogP contribution in [0.2, 0.25) is 0 Å². The van der Waals surface area contributed by atoms with Crippen molar-refractivity contribution < 1.29 is 13.9 Å². The quantitative estimate of drug-likeness (QED) is 0.465. The summed E-state index contributed by atoms with van der Waals surface area (Å²) in [6.45, 7) is 4.22. The predicted octanol–water partition coefficient (Wildman–Crippen LogP) is 4.86. The first-order valence-corrected chi connectivity index (χ1v) is 9.32. The van der Waals surface area contributed by atoms with E-state index in [-0.39, 0.29) is 18.3 Å². The van der Waals surface area contributed by atoms with Gasteiger partial charge in [0, 0.05) is 4.90 Å². The predicted molar refractivity (Wildman–Crippen MR) is 96.3 cm³/mol. The van der Waals surface area contributed by atoms with Gasteiger partial charge in [0.05, 0.1) is 10.6 Å². The van der Waals surface area contributed by atoms with Gasteiger partial charge in [0.25, 0.3) is 0 Å². The van der Waals surface area contributed by atoms with Gasteiger partial charge in [0.15, 0.2) is 0 Å². The molecule has 0 amide bonds. The molecule has 0 unspecified atom stereocenters. The Bertz CT molecular complexity index is 825. The van der Waals surface area contributed by atoms with Crippen molar-refractivity contribution in [2.45, 2.75) is 25.3 Å². The van der Waals surface area contributed by atoms with E-state index < -0.39 is 0 Å². The van der Waals surface area contributed by atoms with Gasteiger partial charge in [-0.2, -0.15) is 0 Å². The van der Waals surface area contributed by atoms with E-state index in [9.17, 15) is 4.79 Å². The van der Waals surface area contributed by atoms with E-state index in [1.54, 1.807) is 11.3 Å². The standard InChI is InChI=1S/C18H17NO3S2/c1-12-5-6-15(13(2)8-12)24-11-17(20)21-9-14-10-22-18(19-14)16-4-3-7-23-16/h3-8,10H,9,11H2,1-2H3. The molecular weight excluding hydrogens is 342 g/mol. The van der Waals surface area contributed by atoms with E-state index >= 15 is 0 Å². The molecular formula is C18H17NO3S2. The number of aryl methyl sites for hydroxylation is 2. The normalized spacial score (nSPS) is 10.8. The van der Waals surface area contributed by atoms with Gasteiger partial charge in [0.1, 0.15) is 18.6 Å². The Balaban J connectivity index is 1.49. The molecule has 3 aromatic rings. The lowest BCUT2D eigenvalue weighted by Gasteiger charge is -2.06. The summed E-state index contributed by atoms with van der Waals surface area (Å²) in [5.74, 6) is 0.570. The van der Waals surface area contributed by atoms with E-state index in [1.165, 1.54) is 29.2 Å². The van der Waals surface area contributed by atoms with Crippen molar-refractivity contribution in [2.75, 3.05) is 5.75 Å². The summed E-state index contributed by atoms with van der Waals surface area (Å²) < 4.78 is 10.7. The van der Waals surface area contributed by atoms with Crippen molar-refractivity contribution in [1.82, 2.24) is 4.98 Å². The second kappa shape index (κ2) is 7.68. The maximum Gasteiger partial charge on any atom is 0.316 e. The molecule has 3 rings (SSSR count). The van der Waals surface area contributed by atoms with Gasteiger partial charge in [-0.25, -0.2) is 4.98 Å². The van der Waals surface area contributed by atoms with Gasteiger partial charge in [-0.05, 0) is 36.9 Å². The number of rotatable bonds is 6. The molecule has 0 aliphatic rings. The van der Waals surface area contributed by atoms with Crippen LogP contribution in [0.4, 0.5) is 0 Å². The molecule has 0 aliphatic carbocycles. The minimum Gasteiger partial charge on any atom is -0.458 e. The molecule has 24 heavy (non-hydrogen) atoms. The van der Waals surface area contributed by atoms with Crippen molar-refractivity contribution in [3.8, 4) is 10.8 Å². The SMILES string of the molecule is Cc1ccc(SCC(=O)OCc2coc(-c3cccs3)n2)c(C)c1. The van der Waals surface area contributed by atoms with E-state index in [0.717, 1.165) is 9.77 Å². The first kappa shape index (κ1) is 16.8. The van der Waals surface area contributed by atoms with E-state index in [2.05, 4.69) is 18.0 Å². The minimum absolute atomic E-state index is 0.126. The van der Waals surface area contributed by atoms with Gasteiger partial charge < -0.3 is 9.15 Å². The monoisotopic (exact) mass is 359 g/mol. The third kappa shape index (κ3) is 4.27. The van der Waals surface area contributed by atoms with Gasteiger partial charge in [-0.15, -0.1) is 23.1 Å². The summed E-state index contributed by atoms with van der Waals surface area (Å²) in [6.07, 6.45) is 1.53. The zero-order valence-electron chi connectivity index (χ0n) is 13.4. The van der Waals surface area contributed by atoms with Gasteiger partial charge in [-0.1, -0.05) is 23.8 Å². The summed E-state index contributed by atoms with van der Waals surface area (Å²) >= 11 is 3.04. The number of hydrogen-bond acceptors (Lipinski definition) is 6. The number of carbonyl (C=O) groups is 1. The molecule has 0 saturated carbocycles. The van der Waals surface area contributed by atoms with Crippen LogP contribution in [0.3, 0.4) is 0 Å². The zero-order valence-corrected chi connectivity index (χ0v) is 15.1. The topological polar surface area (TPSA) is 52.3 Å². The Hall–Kier alpha value is -2.05. The fourth-order valence-corrected chi connectivity index (χ4v) is 3.64. The van der Waals surface area contributed by atoms with Crippen LogP contribution in [0, 0.1) is 13.8 Å². The van der Waals surface area contributed by atoms with Crippen LogP contribution >= 0.6 is 23.1 Å². The molecule has 0 bridgehead atoms. The summed E-state index contributed by atoms with van der Waals surface area (Å²) in [7, 11) is 0. The minimum atomic E-state index is -0.263. The van der Waals surface area contributed by atoms with Gasteiger partial charge in [-0.3, -0.25) is 4.79 Å². The Kier molecular flexibility index (Phi) is 5.37. The van der Waals surface area contributed by atoms with Crippen molar-refractivity contribution in [1.29, 1.82) is 0 Å². The highest BCUT2D eigenvalue weighted by molar-refractivity contribution is 8.00. The largest absolute Gasteiger partial charge is 0.458 e. The van der Waals surface area contributed by atoms with Crippen LogP contribution in [0.25, 0.3) is 10.8 Å². The fraction of sp³-hybridized carbons (Fsp3) is 0.222. The summed E-state index contributed by atoms with van der Waals surface area (Å²) in [5.41, 5.74) is 3.00. The average molecular weight is 359 g/mol. The molecule has 0 radical (unpaired) electrons. The average Bonchev–Trinajstić information content (AvgIpc) is 3.23. The lowest BCUT2D eigenvalue weighted by atomic mass is 10.2. The number of hydrogen-bond donors (Lipinski definition) is 0. The van der Waals surface area contributed by atoms with E-state index in [0.29, 0.717) is 11.6 Å².